The molecule has 1 heterocycles. The molecule has 1 aromatic rings. The summed E-state index contributed by atoms with van der Waals surface area (Å²) >= 11 is 0. The van der Waals surface area contributed by atoms with E-state index >= 15 is 0 Å². The lowest BCUT2D eigenvalue weighted by Crippen LogP contribution is -2.12. The summed E-state index contributed by atoms with van der Waals surface area (Å²) in [5, 5.41) is 2.32. The molecule has 1 amide bonds. The summed E-state index contributed by atoms with van der Waals surface area (Å²) in [4.78, 5) is 10.7. The SMILES string of the molecule is O=C1NCC(c2cc(F)c(F)c(F)c2)O1. The lowest BCUT2D eigenvalue weighted by molar-refractivity contribution is 0.140. The van der Waals surface area contributed by atoms with E-state index in [4.69, 9.17) is 4.74 Å². The first-order valence-corrected chi connectivity index (χ1v) is 4.17. The van der Waals surface area contributed by atoms with Crippen molar-refractivity contribution in [1.82, 2.24) is 5.32 Å². The molecule has 15 heavy (non-hydrogen) atoms. The van der Waals surface area contributed by atoms with Crippen LogP contribution in [0.2, 0.25) is 0 Å². The fourth-order valence-electron chi connectivity index (χ4n) is 1.34. The van der Waals surface area contributed by atoms with Gasteiger partial charge in [0, 0.05) is 5.56 Å². The summed E-state index contributed by atoms with van der Waals surface area (Å²) in [5.74, 6) is -4.13. The summed E-state index contributed by atoms with van der Waals surface area (Å²) < 4.78 is 42.9. The van der Waals surface area contributed by atoms with Crippen LogP contribution in [-0.4, -0.2) is 12.6 Å². The molecule has 80 valence electrons. The molecule has 1 N–H and O–H groups in total. The van der Waals surface area contributed by atoms with Gasteiger partial charge in [0.05, 0.1) is 6.54 Å². The lowest BCUT2D eigenvalue weighted by Gasteiger charge is -2.08. The van der Waals surface area contributed by atoms with Crippen LogP contribution in [0.5, 0.6) is 0 Å². The Balaban J connectivity index is 2.33. The van der Waals surface area contributed by atoms with E-state index in [-0.39, 0.29) is 12.1 Å². The Morgan fingerprint density at radius 3 is 2.33 bits per heavy atom. The first kappa shape index (κ1) is 9.82. The highest BCUT2D eigenvalue weighted by atomic mass is 19.2. The highest BCUT2D eigenvalue weighted by Crippen LogP contribution is 2.24. The Kier molecular flexibility index (Phi) is 2.26. The molecule has 1 unspecified atom stereocenters. The summed E-state index contributed by atoms with van der Waals surface area (Å²) in [7, 11) is 0. The van der Waals surface area contributed by atoms with Crippen LogP contribution in [0, 0.1) is 17.5 Å². The first-order chi connectivity index (χ1) is 7.08. The fraction of sp³-hybridized carbons (Fsp3) is 0.222. The summed E-state index contributed by atoms with van der Waals surface area (Å²) in [6.45, 7) is 0.114. The van der Waals surface area contributed by atoms with Crippen LogP contribution in [0.4, 0.5) is 18.0 Å². The smallest absolute Gasteiger partial charge is 0.407 e. The van der Waals surface area contributed by atoms with Gasteiger partial charge >= 0.3 is 6.09 Å². The Hall–Kier alpha value is -1.72. The molecule has 0 bridgehead atoms. The Bertz CT molecular complexity index is 399. The van der Waals surface area contributed by atoms with E-state index in [1.807, 2.05) is 0 Å². The summed E-state index contributed by atoms with van der Waals surface area (Å²) in [6.07, 6.45) is -1.44. The molecule has 0 radical (unpaired) electrons. The quantitative estimate of drug-likeness (QED) is 0.729. The van der Waals surface area contributed by atoms with Crippen LogP contribution < -0.4 is 5.32 Å². The lowest BCUT2D eigenvalue weighted by atomic mass is 10.1. The Morgan fingerprint density at radius 1 is 1.27 bits per heavy atom. The van der Waals surface area contributed by atoms with Crippen molar-refractivity contribution in [3.8, 4) is 0 Å². The van der Waals surface area contributed by atoms with Gasteiger partial charge in [0.2, 0.25) is 0 Å². The molecule has 0 aromatic heterocycles. The summed E-state index contributed by atoms with van der Waals surface area (Å²) in [6, 6.07) is 1.62. The average molecular weight is 217 g/mol. The average Bonchev–Trinajstić information content (AvgIpc) is 2.60. The number of cyclic esters (lactones) is 1. The number of ether oxygens (including phenoxy) is 1. The van der Waals surface area contributed by atoms with Gasteiger partial charge in [-0.2, -0.15) is 0 Å². The van der Waals surface area contributed by atoms with Gasteiger partial charge in [-0.1, -0.05) is 0 Å². The van der Waals surface area contributed by atoms with Gasteiger partial charge in [0.1, 0.15) is 6.10 Å². The van der Waals surface area contributed by atoms with Crippen molar-refractivity contribution in [2.24, 2.45) is 0 Å². The molecule has 3 nitrogen and oxygen atoms in total. The van der Waals surface area contributed by atoms with Crippen LogP contribution >= 0.6 is 0 Å². The van der Waals surface area contributed by atoms with E-state index in [0.717, 1.165) is 12.1 Å². The van der Waals surface area contributed by atoms with Gasteiger partial charge in [-0.15, -0.1) is 0 Å². The summed E-state index contributed by atoms with van der Waals surface area (Å²) in [5.41, 5.74) is 0.0877. The van der Waals surface area contributed by atoms with E-state index in [2.05, 4.69) is 5.32 Å². The number of carbonyl (C=O) groups is 1. The second kappa shape index (κ2) is 3.45. The third-order valence-corrected chi connectivity index (χ3v) is 2.06. The molecular weight excluding hydrogens is 211 g/mol. The molecule has 1 saturated heterocycles. The Labute approximate surface area is 82.8 Å². The van der Waals surface area contributed by atoms with Crippen LogP contribution in [0.3, 0.4) is 0 Å². The fourth-order valence-corrected chi connectivity index (χ4v) is 1.34. The van der Waals surface area contributed by atoms with Gasteiger partial charge in [-0.25, -0.2) is 18.0 Å². The van der Waals surface area contributed by atoms with Gasteiger partial charge in [-0.3, -0.25) is 0 Å². The standard InChI is InChI=1S/C9H6F3NO2/c10-5-1-4(2-6(11)8(5)12)7-3-13-9(14)15-7/h1-2,7H,3H2,(H,13,14). The van der Waals surface area contributed by atoms with Gasteiger partial charge in [0.25, 0.3) is 0 Å². The monoisotopic (exact) mass is 217 g/mol. The zero-order chi connectivity index (χ0) is 11.0. The maximum atomic E-state index is 12.8. The van der Waals surface area contributed by atoms with Crippen molar-refractivity contribution < 1.29 is 22.7 Å². The zero-order valence-corrected chi connectivity index (χ0v) is 7.39. The molecule has 0 saturated carbocycles. The number of hydrogen-bond acceptors (Lipinski definition) is 2. The molecule has 0 spiro atoms. The van der Waals surface area contributed by atoms with Crippen LogP contribution in [-0.2, 0) is 4.74 Å². The van der Waals surface area contributed by atoms with Crippen LogP contribution in [0.15, 0.2) is 12.1 Å². The van der Waals surface area contributed by atoms with Crippen molar-refractivity contribution in [2.45, 2.75) is 6.10 Å². The number of amides is 1. The number of alkyl carbamates (subject to hydrolysis) is 1. The van der Waals surface area contributed by atoms with Crippen molar-refractivity contribution >= 4 is 6.09 Å². The predicted octanol–water partition coefficient (Wildman–Crippen LogP) is 1.88. The van der Waals surface area contributed by atoms with Crippen molar-refractivity contribution in [2.75, 3.05) is 6.54 Å². The molecule has 0 aliphatic carbocycles. The van der Waals surface area contributed by atoms with E-state index in [0.29, 0.717) is 0 Å². The van der Waals surface area contributed by atoms with Crippen molar-refractivity contribution in [1.29, 1.82) is 0 Å². The number of hydrogen-bond donors (Lipinski definition) is 1. The van der Waals surface area contributed by atoms with E-state index in [1.165, 1.54) is 0 Å². The number of benzene rings is 1. The third kappa shape index (κ3) is 1.74. The van der Waals surface area contributed by atoms with Crippen LogP contribution in [0.25, 0.3) is 0 Å². The Morgan fingerprint density at radius 2 is 1.87 bits per heavy atom. The number of halogens is 3. The molecule has 1 atom stereocenters. The topological polar surface area (TPSA) is 38.3 Å². The maximum Gasteiger partial charge on any atom is 0.407 e. The number of rotatable bonds is 1. The minimum atomic E-state index is -1.53. The number of carbonyl (C=O) groups excluding carboxylic acids is 1. The first-order valence-electron chi connectivity index (χ1n) is 4.17. The van der Waals surface area contributed by atoms with Gasteiger partial charge < -0.3 is 10.1 Å². The molecule has 1 aliphatic heterocycles. The molecule has 1 fully saturated rings. The van der Waals surface area contributed by atoms with E-state index < -0.39 is 29.6 Å². The molecular formula is C9H6F3NO2. The largest absolute Gasteiger partial charge is 0.439 e. The second-order valence-corrected chi connectivity index (χ2v) is 3.07. The van der Waals surface area contributed by atoms with Crippen LogP contribution in [0.1, 0.15) is 11.7 Å². The highest BCUT2D eigenvalue weighted by molar-refractivity contribution is 5.69. The van der Waals surface area contributed by atoms with E-state index in [9.17, 15) is 18.0 Å². The van der Waals surface area contributed by atoms with Crippen molar-refractivity contribution in [3.63, 3.8) is 0 Å². The van der Waals surface area contributed by atoms with Gasteiger partial charge in [0.15, 0.2) is 17.5 Å². The minimum Gasteiger partial charge on any atom is -0.439 e. The normalized spacial score (nSPS) is 19.9. The molecule has 2 rings (SSSR count). The maximum absolute atomic E-state index is 12.8. The zero-order valence-electron chi connectivity index (χ0n) is 7.39. The number of nitrogens with one attached hydrogen (secondary N) is 1. The van der Waals surface area contributed by atoms with Crippen molar-refractivity contribution in [3.05, 3.63) is 35.1 Å². The highest BCUT2D eigenvalue weighted by Gasteiger charge is 2.26. The third-order valence-electron chi connectivity index (χ3n) is 2.06. The second-order valence-electron chi connectivity index (χ2n) is 3.07. The molecule has 6 heteroatoms. The van der Waals surface area contributed by atoms with Gasteiger partial charge in [-0.05, 0) is 12.1 Å². The van der Waals surface area contributed by atoms with E-state index in [1.54, 1.807) is 0 Å². The minimum absolute atomic E-state index is 0.0877. The predicted molar refractivity (Wildman–Crippen MR) is 43.5 cm³/mol. The molecule has 1 aliphatic rings. The molecule has 1 aromatic carbocycles.